The number of carbonyl (C=O) groups is 1. The van der Waals surface area contributed by atoms with Gasteiger partial charge in [-0.2, -0.15) is 0 Å². The Morgan fingerprint density at radius 2 is 2.22 bits per heavy atom. The van der Waals surface area contributed by atoms with E-state index in [4.69, 9.17) is 0 Å². The Morgan fingerprint density at radius 3 is 2.94 bits per heavy atom. The summed E-state index contributed by atoms with van der Waals surface area (Å²) in [5.74, 6) is 0.381. The maximum atomic E-state index is 12.3. The molecule has 1 aromatic carbocycles. The lowest BCUT2D eigenvalue weighted by molar-refractivity contribution is -0.129. The summed E-state index contributed by atoms with van der Waals surface area (Å²) in [4.78, 5) is 12.3. The molecule has 1 heterocycles. The van der Waals surface area contributed by atoms with Crippen LogP contribution in [0.15, 0.2) is 24.3 Å². The van der Waals surface area contributed by atoms with Gasteiger partial charge in [-0.25, -0.2) is 0 Å². The topological polar surface area (TPSA) is 49.3 Å². The van der Waals surface area contributed by atoms with Crippen molar-refractivity contribution >= 4 is 21.8 Å². The van der Waals surface area contributed by atoms with Gasteiger partial charge in [-0.05, 0) is 37.0 Å². The van der Waals surface area contributed by atoms with E-state index in [-0.39, 0.29) is 17.1 Å². The Labute approximate surface area is 116 Å². The van der Waals surface area contributed by atoms with Crippen LogP contribution in [0.3, 0.4) is 0 Å². The van der Waals surface area contributed by atoms with Gasteiger partial charge in [0.15, 0.2) is 0 Å². The first-order chi connectivity index (χ1) is 8.66. The normalized spacial score (nSPS) is 24.4. The van der Waals surface area contributed by atoms with Gasteiger partial charge in [-0.1, -0.05) is 34.5 Å². The number of carbonyl (C=O) groups excluding carboxylic acids is 1. The zero-order valence-corrected chi connectivity index (χ0v) is 11.9. The van der Waals surface area contributed by atoms with E-state index < -0.39 is 0 Å². The van der Waals surface area contributed by atoms with E-state index >= 15 is 0 Å². The van der Waals surface area contributed by atoms with Crippen LogP contribution in [0, 0.1) is 5.41 Å². The highest BCUT2D eigenvalue weighted by molar-refractivity contribution is 9.09. The first kappa shape index (κ1) is 13.4. The van der Waals surface area contributed by atoms with Crippen LogP contribution in [-0.4, -0.2) is 22.9 Å². The molecule has 0 bridgehead atoms. The molecule has 1 fully saturated rings. The number of phenols is 1. The van der Waals surface area contributed by atoms with Crippen molar-refractivity contribution in [3.05, 3.63) is 29.8 Å². The van der Waals surface area contributed by atoms with Crippen molar-refractivity contribution in [2.45, 2.75) is 25.7 Å². The third-order valence-electron chi connectivity index (χ3n) is 3.56. The summed E-state index contributed by atoms with van der Waals surface area (Å²) in [6.07, 6.45) is 3.65. The summed E-state index contributed by atoms with van der Waals surface area (Å²) in [5.41, 5.74) is 0.621. The molecule has 4 heteroatoms. The van der Waals surface area contributed by atoms with Crippen molar-refractivity contribution in [1.82, 2.24) is 5.32 Å². The van der Waals surface area contributed by atoms with E-state index in [0.717, 1.165) is 31.4 Å². The van der Waals surface area contributed by atoms with Crippen molar-refractivity contribution in [3.8, 4) is 5.75 Å². The van der Waals surface area contributed by atoms with E-state index in [9.17, 15) is 9.90 Å². The van der Waals surface area contributed by atoms with Gasteiger partial charge in [0, 0.05) is 11.9 Å². The van der Waals surface area contributed by atoms with E-state index in [1.165, 1.54) is 0 Å². The number of benzene rings is 1. The van der Waals surface area contributed by atoms with Crippen molar-refractivity contribution < 1.29 is 9.90 Å². The lowest BCUT2D eigenvalue weighted by Crippen LogP contribution is -2.42. The molecule has 2 rings (SSSR count). The van der Waals surface area contributed by atoms with Crippen LogP contribution in [0.2, 0.25) is 0 Å². The van der Waals surface area contributed by atoms with E-state index in [0.29, 0.717) is 11.8 Å². The minimum absolute atomic E-state index is 0.125. The molecule has 1 saturated heterocycles. The lowest BCUT2D eigenvalue weighted by Gasteiger charge is -2.29. The lowest BCUT2D eigenvalue weighted by atomic mass is 9.79. The average molecular weight is 312 g/mol. The van der Waals surface area contributed by atoms with Gasteiger partial charge in [0.25, 0.3) is 0 Å². The fourth-order valence-electron chi connectivity index (χ4n) is 2.49. The van der Waals surface area contributed by atoms with Crippen LogP contribution in [0.25, 0.3) is 0 Å². The Hall–Kier alpha value is -1.03. The van der Waals surface area contributed by atoms with Crippen LogP contribution in [0.5, 0.6) is 5.75 Å². The molecule has 1 aliphatic heterocycles. The number of phenolic OH excluding ortho intramolecular Hbond substituents is 1. The molecule has 0 saturated carbocycles. The third kappa shape index (κ3) is 2.86. The second-order valence-corrected chi connectivity index (χ2v) is 5.53. The summed E-state index contributed by atoms with van der Waals surface area (Å²) in [7, 11) is 0. The van der Waals surface area contributed by atoms with Crippen molar-refractivity contribution in [2.75, 3.05) is 11.9 Å². The molecule has 1 atom stereocenters. The maximum absolute atomic E-state index is 12.3. The summed E-state index contributed by atoms with van der Waals surface area (Å²) >= 11 is 3.50. The molecule has 0 radical (unpaired) electrons. The SMILES string of the molecule is O=C1NCCCCC1(CBr)Cc1cccc(O)c1. The van der Waals surface area contributed by atoms with Gasteiger partial charge in [0.2, 0.25) is 5.91 Å². The first-order valence-electron chi connectivity index (χ1n) is 6.28. The van der Waals surface area contributed by atoms with Gasteiger partial charge < -0.3 is 10.4 Å². The minimum atomic E-state index is -0.385. The highest BCUT2D eigenvalue weighted by Gasteiger charge is 2.38. The van der Waals surface area contributed by atoms with Crippen LogP contribution >= 0.6 is 15.9 Å². The second-order valence-electron chi connectivity index (χ2n) is 4.97. The number of alkyl halides is 1. The standard InChI is InChI=1S/C14H18BrNO2/c15-10-14(6-1-2-7-16-13(14)18)9-11-4-3-5-12(17)8-11/h3-5,8,17H,1-2,6-7,9-10H2,(H,16,18). The molecule has 98 valence electrons. The number of halogens is 1. The van der Waals surface area contributed by atoms with Crippen molar-refractivity contribution in [1.29, 1.82) is 0 Å². The molecule has 0 aliphatic carbocycles. The van der Waals surface area contributed by atoms with E-state index in [1.807, 2.05) is 12.1 Å². The number of hydrogen-bond donors (Lipinski definition) is 2. The molecule has 1 amide bonds. The molecule has 1 unspecified atom stereocenters. The Bertz CT molecular complexity index is 436. The second kappa shape index (κ2) is 5.74. The number of aromatic hydroxyl groups is 1. The Morgan fingerprint density at radius 1 is 1.39 bits per heavy atom. The quantitative estimate of drug-likeness (QED) is 0.843. The van der Waals surface area contributed by atoms with E-state index in [2.05, 4.69) is 21.2 Å². The fourth-order valence-corrected chi connectivity index (χ4v) is 3.23. The number of nitrogens with one attached hydrogen (secondary N) is 1. The van der Waals surface area contributed by atoms with Crippen LogP contribution in [0.4, 0.5) is 0 Å². The molecule has 1 aliphatic rings. The smallest absolute Gasteiger partial charge is 0.227 e. The largest absolute Gasteiger partial charge is 0.508 e. The molecule has 18 heavy (non-hydrogen) atoms. The predicted molar refractivity (Wildman–Crippen MR) is 74.9 cm³/mol. The summed E-state index contributed by atoms with van der Waals surface area (Å²) in [5, 5.41) is 13.2. The highest BCUT2D eigenvalue weighted by Crippen LogP contribution is 2.34. The summed E-state index contributed by atoms with van der Waals surface area (Å²) < 4.78 is 0. The minimum Gasteiger partial charge on any atom is -0.508 e. The average Bonchev–Trinajstić information content (AvgIpc) is 2.53. The molecular weight excluding hydrogens is 294 g/mol. The zero-order valence-electron chi connectivity index (χ0n) is 10.3. The fraction of sp³-hybridized carbons (Fsp3) is 0.500. The number of amides is 1. The van der Waals surface area contributed by atoms with Crippen LogP contribution in [-0.2, 0) is 11.2 Å². The molecular formula is C14H18BrNO2. The Kier molecular flexibility index (Phi) is 4.27. The van der Waals surface area contributed by atoms with Crippen LogP contribution < -0.4 is 5.32 Å². The van der Waals surface area contributed by atoms with Crippen molar-refractivity contribution in [2.24, 2.45) is 5.41 Å². The highest BCUT2D eigenvalue weighted by atomic mass is 79.9. The number of hydrogen-bond acceptors (Lipinski definition) is 2. The number of rotatable bonds is 3. The maximum Gasteiger partial charge on any atom is 0.227 e. The van der Waals surface area contributed by atoms with Gasteiger partial charge in [0.05, 0.1) is 5.41 Å². The molecule has 1 aromatic rings. The summed E-state index contributed by atoms with van der Waals surface area (Å²) in [6, 6.07) is 7.17. The zero-order chi connectivity index (χ0) is 13.0. The molecule has 2 N–H and O–H groups in total. The Balaban J connectivity index is 2.23. The van der Waals surface area contributed by atoms with Crippen LogP contribution in [0.1, 0.15) is 24.8 Å². The van der Waals surface area contributed by atoms with Gasteiger partial charge in [-0.3, -0.25) is 4.79 Å². The molecule has 0 aromatic heterocycles. The molecule has 3 nitrogen and oxygen atoms in total. The molecule has 0 spiro atoms. The predicted octanol–water partition coefficient (Wildman–Crippen LogP) is 2.62. The van der Waals surface area contributed by atoms with E-state index in [1.54, 1.807) is 12.1 Å². The first-order valence-corrected chi connectivity index (χ1v) is 7.41. The summed E-state index contributed by atoms with van der Waals surface area (Å²) in [6.45, 7) is 0.771. The van der Waals surface area contributed by atoms with Gasteiger partial charge >= 0.3 is 0 Å². The monoisotopic (exact) mass is 311 g/mol. The van der Waals surface area contributed by atoms with Gasteiger partial charge in [0.1, 0.15) is 5.75 Å². The third-order valence-corrected chi connectivity index (χ3v) is 4.63. The van der Waals surface area contributed by atoms with Crippen molar-refractivity contribution in [3.63, 3.8) is 0 Å². The van der Waals surface area contributed by atoms with Gasteiger partial charge in [-0.15, -0.1) is 0 Å².